The van der Waals surface area contributed by atoms with E-state index < -0.39 is 5.60 Å². The number of hydrogen-bond donors (Lipinski definition) is 1. The van der Waals surface area contributed by atoms with Gasteiger partial charge in [0.2, 0.25) is 5.91 Å². The molecule has 0 saturated carbocycles. The zero-order valence-corrected chi connectivity index (χ0v) is 11.7. The molecule has 2 heterocycles. The van der Waals surface area contributed by atoms with Gasteiger partial charge in [-0.25, -0.2) is 0 Å². The number of nitrogens with zero attached hydrogens (tertiary/aromatic N) is 1. The van der Waals surface area contributed by atoms with Crippen molar-refractivity contribution in [1.82, 2.24) is 4.90 Å². The van der Waals surface area contributed by atoms with Crippen LogP contribution in [0.25, 0.3) is 6.08 Å². The maximum absolute atomic E-state index is 12.0. The summed E-state index contributed by atoms with van der Waals surface area (Å²) in [5.41, 5.74) is 0.593. The quantitative estimate of drug-likeness (QED) is 0.834. The van der Waals surface area contributed by atoms with E-state index in [1.165, 1.54) is 5.56 Å². The second-order valence-corrected chi connectivity index (χ2v) is 6.07. The number of hydrogen-bond acceptors (Lipinski definition) is 3. The molecule has 0 unspecified atom stereocenters. The maximum atomic E-state index is 12.0. The smallest absolute Gasteiger partial charge is 0.246 e. The first-order chi connectivity index (χ1) is 8.48. The topological polar surface area (TPSA) is 40.5 Å². The SMILES string of the molecule is Cc1ccsc1/C=C/C(=O)N1CCC(C)(O)CC1. The van der Waals surface area contributed by atoms with E-state index in [0.29, 0.717) is 25.9 Å². The first-order valence-corrected chi connectivity index (χ1v) is 7.09. The molecule has 0 bridgehead atoms. The minimum atomic E-state index is -0.606. The molecule has 1 aromatic rings. The van der Waals surface area contributed by atoms with Crippen LogP contribution in [0.3, 0.4) is 0 Å². The number of thiophene rings is 1. The summed E-state index contributed by atoms with van der Waals surface area (Å²) in [6.45, 7) is 5.15. The Labute approximate surface area is 112 Å². The molecule has 0 atom stereocenters. The van der Waals surface area contributed by atoms with E-state index >= 15 is 0 Å². The van der Waals surface area contributed by atoms with Gasteiger partial charge in [-0.2, -0.15) is 0 Å². The number of piperidine rings is 1. The summed E-state index contributed by atoms with van der Waals surface area (Å²) >= 11 is 1.64. The zero-order valence-electron chi connectivity index (χ0n) is 10.8. The van der Waals surface area contributed by atoms with Gasteiger partial charge in [0.1, 0.15) is 0 Å². The van der Waals surface area contributed by atoms with Gasteiger partial charge in [0.25, 0.3) is 0 Å². The van der Waals surface area contributed by atoms with Crippen LogP contribution in [0.5, 0.6) is 0 Å². The highest BCUT2D eigenvalue weighted by Gasteiger charge is 2.28. The Balaban J connectivity index is 1.93. The third kappa shape index (κ3) is 3.21. The molecule has 3 nitrogen and oxygen atoms in total. The van der Waals surface area contributed by atoms with Crippen molar-refractivity contribution in [2.24, 2.45) is 0 Å². The summed E-state index contributed by atoms with van der Waals surface area (Å²) in [4.78, 5) is 14.9. The van der Waals surface area contributed by atoms with Gasteiger partial charge in [-0.15, -0.1) is 11.3 Å². The minimum Gasteiger partial charge on any atom is -0.390 e. The van der Waals surface area contributed by atoms with Gasteiger partial charge in [-0.1, -0.05) is 0 Å². The number of carbonyl (C=O) groups excluding carboxylic acids is 1. The monoisotopic (exact) mass is 265 g/mol. The molecule has 1 fully saturated rings. The van der Waals surface area contributed by atoms with Crippen molar-refractivity contribution in [3.8, 4) is 0 Å². The van der Waals surface area contributed by atoms with Gasteiger partial charge in [0.15, 0.2) is 0 Å². The lowest BCUT2D eigenvalue weighted by molar-refractivity contribution is -0.129. The van der Waals surface area contributed by atoms with Crippen LogP contribution in [-0.4, -0.2) is 34.6 Å². The highest BCUT2D eigenvalue weighted by atomic mass is 32.1. The molecule has 0 aliphatic carbocycles. The Kier molecular flexibility index (Phi) is 3.88. The van der Waals surface area contributed by atoms with E-state index in [1.807, 2.05) is 31.4 Å². The van der Waals surface area contributed by atoms with Crippen molar-refractivity contribution in [3.63, 3.8) is 0 Å². The average molecular weight is 265 g/mol. The summed E-state index contributed by atoms with van der Waals surface area (Å²) in [6, 6.07) is 2.05. The lowest BCUT2D eigenvalue weighted by atomic mass is 9.94. The Hall–Kier alpha value is -1.13. The Morgan fingerprint density at radius 1 is 1.50 bits per heavy atom. The first-order valence-electron chi connectivity index (χ1n) is 6.21. The van der Waals surface area contributed by atoms with Crippen LogP contribution in [0, 0.1) is 6.92 Å². The first kappa shape index (κ1) is 13.3. The Morgan fingerprint density at radius 3 is 2.72 bits per heavy atom. The summed E-state index contributed by atoms with van der Waals surface area (Å²) in [5.74, 6) is 0.0401. The van der Waals surface area contributed by atoms with Crippen molar-refractivity contribution in [2.45, 2.75) is 32.3 Å². The van der Waals surface area contributed by atoms with Crippen LogP contribution in [0.1, 0.15) is 30.2 Å². The standard InChI is InChI=1S/C14H19NO2S/c1-11-5-10-18-12(11)3-4-13(16)15-8-6-14(2,17)7-9-15/h3-5,10,17H,6-9H2,1-2H3/b4-3+. The fraction of sp³-hybridized carbons (Fsp3) is 0.500. The Morgan fingerprint density at radius 2 is 2.17 bits per heavy atom. The zero-order chi connectivity index (χ0) is 13.2. The Bertz CT molecular complexity index is 452. The van der Waals surface area contributed by atoms with Gasteiger partial charge in [-0.05, 0) is 49.8 Å². The molecule has 0 radical (unpaired) electrons. The summed E-state index contributed by atoms with van der Waals surface area (Å²) in [5, 5.41) is 11.9. The fourth-order valence-corrected chi connectivity index (χ4v) is 2.84. The fourth-order valence-electron chi connectivity index (χ4n) is 2.02. The van der Waals surface area contributed by atoms with E-state index in [-0.39, 0.29) is 5.91 Å². The van der Waals surface area contributed by atoms with Crippen LogP contribution >= 0.6 is 11.3 Å². The van der Waals surface area contributed by atoms with Crippen LogP contribution in [0.4, 0.5) is 0 Å². The van der Waals surface area contributed by atoms with Gasteiger partial charge in [0, 0.05) is 24.0 Å². The van der Waals surface area contributed by atoms with Crippen molar-refractivity contribution in [3.05, 3.63) is 28.0 Å². The number of likely N-dealkylation sites (tertiary alicyclic amines) is 1. The molecule has 2 rings (SSSR count). The van der Waals surface area contributed by atoms with Crippen molar-refractivity contribution in [1.29, 1.82) is 0 Å². The van der Waals surface area contributed by atoms with E-state index in [0.717, 1.165) is 4.88 Å². The lowest BCUT2D eigenvalue weighted by Gasteiger charge is -2.35. The molecule has 0 spiro atoms. The summed E-state index contributed by atoms with van der Waals surface area (Å²) in [6.07, 6.45) is 4.84. The third-order valence-corrected chi connectivity index (χ3v) is 4.42. The molecule has 1 amide bonds. The second-order valence-electron chi connectivity index (χ2n) is 5.12. The molecule has 98 valence electrons. The van der Waals surface area contributed by atoms with Gasteiger partial charge < -0.3 is 10.0 Å². The number of rotatable bonds is 2. The molecule has 18 heavy (non-hydrogen) atoms. The normalized spacial score (nSPS) is 19.4. The van der Waals surface area contributed by atoms with Gasteiger partial charge in [-0.3, -0.25) is 4.79 Å². The van der Waals surface area contributed by atoms with Crippen LogP contribution < -0.4 is 0 Å². The van der Waals surface area contributed by atoms with Crippen molar-refractivity contribution in [2.75, 3.05) is 13.1 Å². The van der Waals surface area contributed by atoms with E-state index in [9.17, 15) is 9.90 Å². The molecular weight excluding hydrogens is 246 g/mol. The molecule has 0 aromatic carbocycles. The number of aryl methyl sites for hydroxylation is 1. The minimum absolute atomic E-state index is 0.0401. The largest absolute Gasteiger partial charge is 0.390 e. The summed E-state index contributed by atoms with van der Waals surface area (Å²) in [7, 11) is 0. The predicted molar refractivity (Wildman–Crippen MR) is 74.5 cm³/mol. The predicted octanol–water partition coefficient (Wildman–Crippen LogP) is 2.44. The van der Waals surface area contributed by atoms with Gasteiger partial charge in [0.05, 0.1) is 5.60 Å². The third-order valence-electron chi connectivity index (χ3n) is 3.43. The molecule has 1 saturated heterocycles. The second kappa shape index (κ2) is 5.24. The molecule has 1 aliphatic rings. The lowest BCUT2D eigenvalue weighted by Crippen LogP contribution is -2.44. The van der Waals surface area contributed by atoms with E-state index in [1.54, 1.807) is 22.3 Å². The van der Waals surface area contributed by atoms with Gasteiger partial charge >= 0.3 is 0 Å². The van der Waals surface area contributed by atoms with Crippen LogP contribution in [0.2, 0.25) is 0 Å². The van der Waals surface area contributed by atoms with E-state index in [2.05, 4.69) is 0 Å². The number of carbonyl (C=O) groups is 1. The maximum Gasteiger partial charge on any atom is 0.246 e. The van der Waals surface area contributed by atoms with Crippen molar-refractivity contribution < 1.29 is 9.90 Å². The van der Waals surface area contributed by atoms with Crippen molar-refractivity contribution >= 4 is 23.3 Å². The highest BCUT2D eigenvalue weighted by Crippen LogP contribution is 2.22. The molecule has 1 aliphatic heterocycles. The molecule has 1 aromatic heterocycles. The summed E-state index contributed by atoms with van der Waals surface area (Å²) < 4.78 is 0. The average Bonchev–Trinajstić information content (AvgIpc) is 2.72. The number of amides is 1. The van der Waals surface area contributed by atoms with E-state index in [4.69, 9.17) is 0 Å². The van der Waals surface area contributed by atoms with Crippen LogP contribution in [-0.2, 0) is 4.79 Å². The van der Waals surface area contributed by atoms with Crippen LogP contribution in [0.15, 0.2) is 17.5 Å². The highest BCUT2D eigenvalue weighted by molar-refractivity contribution is 7.11. The molecule has 4 heteroatoms. The molecule has 1 N–H and O–H groups in total. The number of aliphatic hydroxyl groups is 1. The molecular formula is C14H19NO2S.